The van der Waals surface area contributed by atoms with E-state index in [0.717, 1.165) is 34.1 Å². The van der Waals surface area contributed by atoms with E-state index in [1.54, 1.807) is 0 Å². The molecule has 0 unspecified atom stereocenters. The molecule has 0 saturated carbocycles. The van der Waals surface area contributed by atoms with Crippen molar-refractivity contribution in [3.63, 3.8) is 0 Å². The first kappa shape index (κ1) is 51.1. The number of benzene rings is 8. The van der Waals surface area contributed by atoms with Gasteiger partial charge in [-0.2, -0.15) is 36.4 Å². The van der Waals surface area contributed by atoms with Crippen LogP contribution < -0.4 is 19.6 Å². The molecule has 0 saturated heterocycles. The number of nitrogens with zero attached hydrogens (tertiary/aromatic N) is 4. The van der Waals surface area contributed by atoms with Crippen LogP contribution in [-0.4, -0.2) is 0 Å². The maximum atomic E-state index is 3.75. The van der Waals surface area contributed by atoms with Crippen molar-refractivity contribution in [2.45, 2.75) is 124 Å². The zero-order valence-corrected chi connectivity index (χ0v) is 47.5. The number of anilines is 6. The van der Waals surface area contributed by atoms with E-state index < -0.39 is 5.66 Å². The third kappa shape index (κ3) is 8.32. The van der Waals surface area contributed by atoms with Gasteiger partial charge in [0.2, 0.25) is 0 Å². The normalized spacial score (nSPS) is 14.5. The molecule has 11 rings (SSSR count). The van der Waals surface area contributed by atoms with E-state index >= 15 is 0 Å². The standard InChI is InChI=1S/C69H70N4.Pt/c1-43(2)51-37-57(45(5)6)67(58(38-51)46(7)8)49-23-21-25-53(35-49)70-41-72(65-33-19-17-31-63(65)70)69(61-29-15-13-27-55(61)56-28-14-16-30-62(56)69)73-42-71(64-32-18-20-34-66(64)73)54-26-22-24-50(36-54)68-59(47(9)10)39-52(44(3)4)40-60(68)48(11)12;/h13-24,27-48H,1-12H3;/q-4;+4. The van der Waals surface area contributed by atoms with Crippen LogP contribution in [0.15, 0.2) is 158 Å². The summed E-state index contributed by atoms with van der Waals surface area (Å²) in [5, 5.41) is 0. The summed E-state index contributed by atoms with van der Waals surface area (Å²) in [5.41, 5.74) is 24.0. The van der Waals surface area contributed by atoms with Crippen LogP contribution >= 0.6 is 0 Å². The van der Waals surface area contributed by atoms with Gasteiger partial charge in [0, 0.05) is 33.9 Å². The Morgan fingerprint density at radius 2 is 0.703 bits per heavy atom. The zero-order chi connectivity index (χ0) is 51.0. The van der Waals surface area contributed by atoms with Crippen molar-refractivity contribution in [1.82, 2.24) is 0 Å². The Morgan fingerprint density at radius 1 is 0.378 bits per heavy atom. The van der Waals surface area contributed by atoms with Crippen LogP contribution in [0, 0.1) is 25.5 Å². The van der Waals surface area contributed by atoms with Crippen LogP contribution in [0.5, 0.6) is 0 Å². The topological polar surface area (TPSA) is 13.0 Å². The molecular formula is C69H70N4Pt. The molecule has 0 radical (unpaired) electrons. The second kappa shape index (κ2) is 20.1. The van der Waals surface area contributed by atoms with Crippen LogP contribution in [0.3, 0.4) is 0 Å². The quantitative estimate of drug-likeness (QED) is 0.113. The summed E-state index contributed by atoms with van der Waals surface area (Å²) in [6.45, 7) is 32.6. The van der Waals surface area contributed by atoms with Crippen LogP contribution in [0.25, 0.3) is 33.4 Å². The molecule has 3 aliphatic rings. The molecule has 0 aromatic heterocycles. The van der Waals surface area contributed by atoms with Gasteiger partial charge in [-0.25, -0.2) is 0 Å². The van der Waals surface area contributed by atoms with Crippen LogP contribution in [0.1, 0.15) is 163 Å². The molecule has 8 aromatic carbocycles. The minimum absolute atomic E-state index is 0. The summed E-state index contributed by atoms with van der Waals surface area (Å²) in [7, 11) is 0. The molecule has 5 heteroatoms. The predicted molar refractivity (Wildman–Crippen MR) is 309 cm³/mol. The second-order valence-electron chi connectivity index (χ2n) is 22.5. The Morgan fingerprint density at radius 3 is 1.04 bits per heavy atom. The van der Waals surface area contributed by atoms with E-state index in [0.29, 0.717) is 35.5 Å². The number of rotatable bonds is 12. The Kier molecular flexibility index (Phi) is 13.9. The summed E-state index contributed by atoms with van der Waals surface area (Å²) in [6, 6.07) is 66.8. The molecule has 0 spiro atoms. The molecule has 0 atom stereocenters. The number of para-hydroxylation sites is 4. The van der Waals surface area contributed by atoms with Crippen molar-refractivity contribution in [3.8, 4) is 33.4 Å². The fraction of sp³-hybridized carbons (Fsp3) is 0.275. The zero-order valence-electron chi connectivity index (χ0n) is 45.2. The van der Waals surface area contributed by atoms with Gasteiger partial charge in [-0.1, -0.05) is 180 Å². The molecule has 1 aliphatic carbocycles. The van der Waals surface area contributed by atoms with Gasteiger partial charge in [0.05, 0.1) is 0 Å². The Bertz CT molecular complexity index is 3100. The van der Waals surface area contributed by atoms with E-state index in [2.05, 4.69) is 286 Å². The predicted octanol–water partition coefficient (Wildman–Crippen LogP) is 19.1. The average molecular weight is 1150 g/mol. The van der Waals surface area contributed by atoms with Crippen molar-refractivity contribution in [1.29, 1.82) is 0 Å². The fourth-order valence-corrected chi connectivity index (χ4v) is 12.0. The summed E-state index contributed by atoms with van der Waals surface area (Å²) in [6.07, 6.45) is 0. The molecule has 8 aromatic rings. The maximum absolute atomic E-state index is 3.75. The second-order valence-corrected chi connectivity index (χ2v) is 22.5. The molecule has 2 heterocycles. The van der Waals surface area contributed by atoms with E-state index in [1.165, 1.54) is 77.9 Å². The van der Waals surface area contributed by atoms with Crippen molar-refractivity contribution in [2.75, 3.05) is 19.6 Å². The summed E-state index contributed by atoms with van der Waals surface area (Å²) in [5.74, 6) is 2.34. The monoisotopic (exact) mass is 1150 g/mol. The van der Waals surface area contributed by atoms with Gasteiger partial charge in [-0.05, 0) is 115 Å². The van der Waals surface area contributed by atoms with Crippen molar-refractivity contribution in [3.05, 3.63) is 228 Å². The molecule has 0 amide bonds. The van der Waals surface area contributed by atoms with E-state index in [4.69, 9.17) is 0 Å². The molecule has 0 fully saturated rings. The van der Waals surface area contributed by atoms with E-state index in [-0.39, 0.29) is 21.1 Å². The SMILES string of the molecule is CC(C)c1cc(C(C)C)c(-c2cc[c-]c(N3[CH-]N(C4(N5[CH-]N(c6[c-]ccc(-c7c(C(C)C)cc(C(C)C)cc7C(C)C)c6)c6ccccc65)c5ccccc5-c5ccccc54)c4ccccc43)c2)c(C(C)C)c1.[Pt+4]. The van der Waals surface area contributed by atoms with E-state index in [9.17, 15) is 0 Å². The molecule has 2 aliphatic heterocycles. The van der Waals surface area contributed by atoms with Gasteiger partial charge in [-0.3, -0.25) is 0 Å². The first-order valence-corrected chi connectivity index (χ1v) is 26.8. The molecular weight excluding hydrogens is 1080 g/mol. The van der Waals surface area contributed by atoms with Crippen LogP contribution in [0.4, 0.5) is 34.1 Å². The van der Waals surface area contributed by atoms with Gasteiger partial charge in [0.25, 0.3) is 0 Å². The maximum Gasteiger partial charge on any atom is 4.00 e. The molecule has 74 heavy (non-hydrogen) atoms. The number of hydrogen-bond donors (Lipinski definition) is 0. The first-order valence-electron chi connectivity index (χ1n) is 26.8. The van der Waals surface area contributed by atoms with E-state index in [1.807, 2.05) is 0 Å². The van der Waals surface area contributed by atoms with Gasteiger partial charge in [-0.15, -0.1) is 48.0 Å². The van der Waals surface area contributed by atoms with Crippen LogP contribution in [0.2, 0.25) is 0 Å². The summed E-state index contributed by atoms with van der Waals surface area (Å²) in [4.78, 5) is 9.83. The smallest absolute Gasteiger partial charge is 0.494 e. The van der Waals surface area contributed by atoms with Gasteiger partial charge in [0.15, 0.2) is 0 Å². The summed E-state index contributed by atoms with van der Waals surface area (Å²) >= 11 is 0. The largest absolute Gasteiger partial charge is 4.00 e. The van der Waals surface area contributed by atoms with Crippen LogP contribution in [-0.2, 0) is 26.7 Å². The fourth-order valence-electron chi connectivity index (χ4n) is 12.0. The third-order valence-corrected chi connectivity index (χ3v) is 15.8. The molecule has 0 bridgehead atoms. The number of hydrogen-bond acceptors (Lipinski definition) is 4. The Labute approximate surface area is 457 Å². The van der Waals surface area contributed by atoms with Crippen molar-refractivity contribution in [2.24, 2.45) is 0 Å². The van der Waals surface area contributed by atoms with Gasteiger partial charge < -0.3 is 19.6 Å². The third-order valence-electron chi connectivity index (χ3n) is 15.8. The minimum Gasteiger partial charge on any atom is -0.494 e. The Balaban J connectivity index is 0.00000626. The van der Waals surface area contributed by atoms with Crippen molar-refractivity contribution < 1.29 is 21.1 Å². The van der Waals surface area contributed by atoms with Gasteiger partial charge in [0.1, 0.15) is 5.66 Å². The summed E-state index contributed by atoms with van der Waals surface area (Å²) < 4.78 is 0. The number of fused-ring (bicyclic) bond motifs is 5. The van der Waals surface area contributed by atoms with Gasteiger partial charge >= 0.3 is 21.1 Å². The molecule has 376 valence electrons. The average Bonchev–Trinajstić information content (AvgIpc) is 4.07. The van der Waals surface area contributed by atoms with Crippen molar-refractivity contribution >= 4 is 34.1 Å². The molecule has 4 nitrogen and oxygen atoms in total. The minimum atomic E-state index is -0.858. The Hall–Kier alpha value is -6.35. The molecule has 0 N–H and O–H groups in total. The first-order chi connectivity index (χ1) is 35.2.